The second kappa shape index (κ2) is 4.55. The van der Waals surface area contributed by atoms with Crippen LogP contribution in [0.3, 0.4) is 0 Å². The molecule has 2 nitrogen and oxygen atoms in total. The van der Waals surface area contributed by atoms with E-state index in [0.717, 1.165) is 6.61 Å². The zero-order valence-electron chi connectivity index (χ0n) is 12.2. The average Bonchev–Trinajstić information content (AvgIpc) is 2.94. The Labute approximate surface area is 107 Å². The van der Waals surface area contributed by atoms with Gasteiger partial charge in [0.15, 0.2) is 0 Å². The van der Waals surface area contributed by atoms with Crippen molar-refractivity contribution in [3.05, 3.63) is 0 Å². The van der Waals surface area contributed by atoms with Gasteiger partial charge in [-0.05, 0) is 30.6 Å². The van der Waals surface area contributed by atoms with Crippen LogP contribution in [0.15, 0.2) is 0 Å². The summed E-state index contributed by atoms with van der Waals surface area (Å²) >= 11 is 0. The molecule has 0 aromatic rings. The van der Waals surface area contributed by atoms with Crippen LogP contribution in [0.1, 0.15) is 53.9 Å². The fourth-order valence-corrected chi connectivity index (χ4v) is 2.58. The molecule has 2 saturated carbocycles. The molecular weight excluding hydrogens is 210 g/mol. The Morgan fingerprint density at radius 3 is 2.35 bits per heavy atom. The van der Waals surface area contributed by atoms with E-state index in [1.165, 1.54) is 25.8 Å². The molecule has 0 heterocycles. The van der Waals surface area contributed by atoms with E-state index in [1.807, 2.05) is 0 Å². The highest BCUT2D eigenvalue weighted by Gasteiger charge is 2.50. The van der Waals surface area contributed by atoms with E-state index in [1.54, 1.807) is 0 Å². The van der Waals surface area contributed by atoms with Gasteiger partial charge in [-0.1, -0.05) is 34.6 Å². The second-order valence-corrected chi connectivity index (χ2v) is 7.52. The first-order valence-electron chi connectivity index (χ1n) is 7.18. The van der Waals surface area contributed by atoms with E-state index in [9.17, 15) is 0 Å². The van der Waals surface area contributed by atoms with Crippen LogP contribution in [0, 0.1) is 16.7 Å². The smallest absolute Gasteiger partial charge is 0.0656 e. The zero-order valence-corrected chi connectivity index (χ0v) is 12.2. The van der Waals surface area contributed by atoms with Gasteiger partial charge in [-0.3, -0.25) is 0 Å². The van der Waals surface area contributed by atoms with Crippen LogP contribution in [-0.2, 0) is 4.74 Å². The van der Waals surface area contributed by atoms with Gasteiger partial charge in [0, 0.05) is 24.6 Å². The number of hydrogen-bond donors (Lipinski definition) is 1. The van der Waals surface area contributed by atoms with Crippen molar-refractivity contribution in [2.45, 2.75) is 66.0 Å². The molecule has 2 aliphatic rings. The van der Waals surface area contributed by atoms with Gasteiger partial charge in [0.25, 0.3) is 0 Å². The van der Waals surface area contributed by atoms with Crippen LogP contribution in [0.4, 0.5) is 0 Å². The molecule has 0 radical (unpaired) electrons. The highest BCUT2D eigenvalue weighted by molar-refractivity contribution is 5.04. The molecule has 0 spiro atoms. The van der Waals surface area contributed by atoms with Crippen LogP contribution in [0.2, 0.25) is 0 Å². The summed E-state index contributed by atoms with van der Waals surface area (Å²) in [5, 5.41) is 3.75. The molecule has 2 fully saturated rings. The molecular formula is C15H29NO. The average molecular weight is 239 g/mol. The molecule has 0 amide bonds. The summed E-state index contributed by atoms with van der Waals surface area (Å²) in [4.78, 5) is 0. The standard InChI is InChI=1S/C15H29NO/c1-11(2)9-17-13-8-12(14(13,3)4)16-10-15(5)6-7-15/h11-13,16H,6-10H2,1-5H3. The normalized spacial score (nSPS) is 33.5. The Hall–Kier alpha value is -0.0800. The van der Waals surface area contributed by atoms with Gasteiger partial charge in [-0.2, -0.15) is 0 Å². The van der Waals surface area contributed by atoms with Gasteiger partial charge in [-0.25, -0.2) is 0 Å². The lowest BCUT2D eigenvalue weighted by atomic mass is 9.64. The minimum Gasteiger partial charge on any atom is -0.377 e. The van der Waals surface area contributed by atoms with Gasteiger partial charge < -0.3 is 10.1 Å². The molecule has 17 heavy (non-hydrogen) atoms. The maximum atomic E-state index is 5.99. The summed E-state index contributed by atoms with van der Waals surface area (Å²) in [6.45, 7) is 13.6. The third-order valence-corrected chi connectivity index (χ3v) is 4.69. The van der Waals surface area contributed by atoms with Crippen molar-refractivity contribution in [2.24, 2.45) is 16.7 Å². The highest BCUT2D eigenvalue weighted by atomic mass is 16.5. The Kier molecular flexibility index (Phi) is 3.57. The molecule has 2 unspecified atom stereocenters. The topological polar surface area (TPSA) is 21.3 Å². The van der Waals surface area contributed by atoms with Crippen molar-refractivity contribution < 1.29 is 4.74 Å². The van der Waals surface area contributed by atoms with Crippen molar-refractivity contribution in [1.82, 2.24) is 5.32 Å². The van der Waals surface area contributed by atoms with Gasteiger partial charge in [0.2, 0.25) is 0 Å². The molecule has 1 N–H and O–H groups in total. The number of hydrogen-bond acceptors (Lipinski definition) is 2. The first-order chi connectivity index (χ1) is 7.83. The molecule has 0 aromatic carbocycles. The monoisotopic (exact) mass is 239 g/mol. The van der Waals surface area contributed by atoms with E-state index in [2.05, 4.69) is 39.9 Å². The Morgan fingerprint density at radius 1 is 1.24 bits per heavy atom. The molecule has 2 aliphatic carbocycles. The van der Waals surface area contributed by atoms with Crippen molar-refractivity contribution in [3.8, 4) is 0 Å². The lowest BCUT2D eigenvalue weighted by Gasteiger charge is -2.52. The molecule has 0 aliphatic heterocycles. The van der Waals surface area contributed by atoms with Gasteiger partial charge in [0.1, 0.15) is 0 Å². The third kappa shape index (κ3) is 3.03. The first-order valence-corrected chi connectivity index (χ1v) is 7.18. The quantitative estimate of drug-likeness (QED) is 0.768. The van der Waals surface area contributed by atoms with E-state index in [4.69, 9.17) is 4.74 Å². The van der Waals surface area contributed by atoms with Gasteiger partial charge in [0.05, 0.1) is 6.10 Å². The first kappa shape index (κ1) is 13.4. The van der Waals surface area contributed by atoms with Crippen molar-refractivity contribution in [2.75, 3.05) is 13.2 Å². The van der Waals surface area contributed by atoms with Crippen molar-refractivity contribution in [3.63, 3.8) is 0 Å². The summed E-state index contributed by atoms with van der Waals surface area (Å²) in [6.07, 6.45) is 4.45. The molecule has 2 heteroatoms. The number of rotatable bonds is 6. The number of nitrogens with one attached hydrogen (secondary N) is 1. The van der Waals surface area contributed by atoms with Gasteiger partial charge >= 0.3 is 0 Å². The van der Waals surface area contributed by atoms with Crippen LogP contribution < -0.4 is 5.32 Å². The second-order valence-electron chi connectivity index (χ2n) is 7.52. The van der Waals surface area contributed by atoms with Crippen LogP contribution in [0.25, 0.3) is 0 Å². The maximum Gasteiger partial charge on any atom is 0.0656 e. The van der Waals surface area contributed by atoms with Crippen molar-refractivity contribution in [1.29, 1.82) is 0 Å². The Morgan fingerprint density at radius 2 is 1.88 bits per heavy atom. The van der Waals surface area contributed by atoms with Crippen molar-refractivity contribution >= 4 is 0 Å². The lowest BCUT2D eigenvalue weighted by molar-refractivity contribution is -0.124. The van der Waals surface area contributed by atoms with Crippen LogP contribution >= 0.6 is 0 Å². The predicted octanol–water partition coefficient (Wildman–Crippen LogP) is 3.22. The molecule has 100 valence electrons. The maximum absolute atomic E-state index is 5.99. The minimum atomic E-state index is 0.306. The summed E-state index contributed by atoms with van der Waals surface area (Å²) in [5.41, 5.74) is 0.917. The van der Waals surface area contributed by atoms with E-state index in [-0.39, 0.29) is 0 Å². The highest BCUT2D eigenvalue weighted by Crippen LogP contribution is 2.47. The molecule has 2 atom stereocenters. The van der Waals surface area contributed by atoms with E-state index >= 15 is 0 Å². The lowest BCUT2D eigenvalue weighted by Crippen LogP contribution is -2.61. The molecule has 0 aromatic heterocycles. The summed E-state index contributed by atoms with van der Waals surface area (Å²) in [5.74, 6) is 0.642. The SMILES string of the molecule is CC(C)COC1CC(NCC2(C)CC2)C1(C)C. The largest absolute Gasteiger partial charge is 0.377 e. The summed E-state index contributed by atoms with van der Waals surface area (Å²) in [7, 11) is 0. The fraction of sp³-hybridized carbons (Fsp3) is 1.00. The van der Waals surface area contributed by atoms with Gasteiger partial charge in [-0.15, -0.1) is 0 Å². The van der Waals surface area contributed by atoms with E-state index < -0.39 is 0 Å². The molecule has 0 saturated heterocycles. The van der Waals surface area contributed by atoms with E-state index in [0.29, 0.717) is 28.9 Å². The summed E-state index contributed by atoms with van der Waals surface area (Å²) < 4.78 is 5.99. The number of ether oxygens (including phenoxy) is 1. The molecule has 2 rings (SSSR count). The third-order valence-electron chi connectivity index (χ3n) is 4.69. The zero-order chi connectivity index (χ0) is 12.7. The summed E-state index contributed by atoms with van der Waals surface area (Å²) in [6, 6.07) is 0.650. The van der Waals surface area contributed by atoms with Crippen LogP contribution in [-0.4, -0.2) is 25.3 Å². The Bertz CT molecular complexity index is 268. The van der Waals surface area contributed by atoms with Crippen LogP contribution in [0.5, 0.6) is 0 Å². The Balaban J connectivity index is 1.72. The molecule has 0 bridgehead atoms. The minimum absolute atomic E-state index is 0.306. The predicted molar refractivity (Wildman–Crippen MR) is 72.1 cm³/mol. The fourth-order valence-electron chi connectivity index (χ4n) is 2.58.